The highest BCUT2D eigenvalue weighted by molar-refractivity contribution is 7.16. The van der Waals surface area contributed by atoms with E-state index in [9.17, 15) is 0 Å². The van der Waals surface area contributed by atoms with Crippen molar-refractivity contribution in [3.05, 3.63) is 32.6 Å². The van der Waals surface area contributed by atoms with E-state index in [0.717, 1.165) is 9.21 Å². The Bertz CT molecular complexity index is 547. The maximum Gasteiger partial charge on any atom is 0.318 e. The fourth-order valence-corrected chi connectivity index (χ4v) is 2.60. The van der Waals surface area contributed by atoms with Crippen LogP contribution in [0.2, 0.25) is 9.36 Å². The number of anilines is 1. The van der Waals surface area contributed by atoms with E-state index < -0.39 is 0 Å². The summed E-state index contributed by atoms with van der Waals surface area (Å²) in [5.74, 6) is 0.542. The molecule has 0 amide bonds. The monoisotopic (exact) mass is 303 g/mol. The molecule has 0 aliphatic carbocycles. The second kappa shape index (κ2) is 5.73. The van der Waals surface area contributed by atoms with E-state index in [-0.39, 0.29) is 12.1 Å². The smallest absolute Gasteiger partial charge is 0.318 e. The first-order valence-electron chi connectivity index (χ1n) is 5.18. The van der Waals surface area contributed by atoms with Gasteiger partial charge in [0.15, 0.2) is 5.82 Å². The summed E-state index contributed by atoms with van der Waals surface area (Å²) in [6, 6.07) is 4.16. The Morgan fingerprint density at radius 3 is 2.78 bits per heavy atom. The van der Waals surface area contributed by atoms with Gasteiger partial charge in [-0.05, 0) is 19.1 Å². The first-order chi connectivity index (χ1) is 8.60. The van der Waals surface area contributed by atoms with Crippen molar-refractivity contribution >= 4 is 40.4 Å². The van der Waals surface area contributed by atoms with Crippen LogP contribution in [0.4, 0.5) is 5.82 Å². The standard InChI is InChI=1S/C11H11Cl2N3OS/c1-6(8-3-4-9(13)18-8)15-10-7(12)5-14-11(16-10)17-2/h3-6H,1-2H3,(H,14,15,16). The number of methoxy groups -OCH3 is 1. The predicted octanol–water partition coefficient (Wildman–Crippen LogP) is 4.03. The van der Waals surface area contributed by atoms with Gasteiger partial charge in [0, 0.05) is 4.88 Å². The number of ether oxygens (including phenoxy) is 1. The predicted molar refractivity (Wildman–Crippen MR) is 75.0 cm³/mol. The lowest BCUT2D eigenvalue weighted by molar-refractivity contribution is 0.380. The van der Waals surface area contributed by atoms with Crippen LogP contribution >= 0.6 is 34.5 Å². The zero-order chi connectivity index (χ0) is 13.1. The third-order valence-electron chi connectivity index (χ3n) is 2.28. The van der Waals surface area contributed by atoms with Gasteiger partial charge < -0.3 is 10.1 Å². The normalized spacial score (nSPS) is 12.2. The quantitative estimate of drug-likeness (QED) is 0.926. The molecule has 0 spiro atoms. The van der Waals surface area contributed by atoms with Crippen LogP contribution in [0, 0.1) is 0 Å². The molecule has 1 unspecified atom stereocenters. The second-order valence-corrected chi connectivity index (χ2v) is 5.72. The van der Waals surface area contributed by atoms with Crippen LogP contribution < -0.4 is 10.1 Å². The summed E-state index contributed by atoms with van der Waals surface area (Å²) in [7, 11) is 1.51. The van der Waals surface area contributed by atoms with Gasteiger partial charge in [-0.2, -0.15) is 4.98 Å². The van der Waals surface area contributed by atoms with Crippen LogP contribution in [0.3, 0.4) is 0 Å². The first kappa shape index (κ1) is 13.4. The molecule has 96 valence electrons. The van der Waals surface area contributed by atoms with Crippen LogP contribution in [0.15, 0.2) is 18.3 Å². The molecule has 0 aliphatic heterocycles. The zero-order valence-corrected chi connectivity index (χ0v) is 12.1. The molecule has 18 heavy (non-hydrogen) atoms. The van der Waals surface area contributed by atoms with Crippen molar-refractivity contribution in [2.75, 3.05) is 12.4 Å². The Labute approximate surface area is 119 Å². The molecule has 0 aliphatic rings. The minimum Gasteiger partial charge on any atom is -0.467 e. The fourth-order valence-electron chi connectivity index (χ4n) is 1.39. The summed E-state index contributed by atoms with van der Waals surface area (Å²) in [4.78, 5) is 9.18. The van der Waals surface area contributed by atoms with Crippen LogP contribution in [0.5, 0.6) is 6.01 Å². The van der Waals surface area contributed by atoms with Gasteiger partial charge in [0.25, 0.3) is 0 Å². The lowest BCUT2D eigenvalue weighted by atomic mass is 10.3. The van der Waals surface area contributed by atoms with E-state index in [1.807, 2.05) is 19.1 Å². The maximum absolute atomic E-state index is 6.02. The first-order valence-corrected chi connectivity index (χ1v) is 6.75. The third kappa shape index (κ3) is 3.04. The molecule has 0 aromatic carbocycles. The molecule has 0 fully saturated rings. The molecule has 2 aromatic rings. The molecular weight excluding hydrogens is 293 g/mol. The van der Waals surface area contributed by atoms with E-state index >= 15 is 0 Å². The largest absolute Gasteiger partial charge is 0.467 e. The number of hydrogen-bond donors (Lipinski definition) is 1. The highest BCUT2D eigenvalue weighted by atomic mass is 35.5. The fraction of sp³-hybridized carbons (Fsp3) is 0.273. The minimum atomic E-state index is 0.0552. The minimum absolute atomic E-state index is 0.0552. The number of halogens is 2. The molecule has 0 bridgehead atoms. The summed E-state index contributed by atoms with van der Waals surface area (Å²) >= 11 is 13.4. The molecule has 1 atom stereocenters. The van der Waals surface area contributed by atoms with Crippen molar-refractivity contribution in [3.8, 4) is 6.01 Å². The Morgan fingerprint density at radius 1 is 1.39 bits per heavy atom. The van der Waals surface area contributed by atoms with E-state index in [4.69, 9.17) is 27.9 Å². The molecule has 2 heterocycles. The SMILES string of the molecule is COc1ncc(Cl)c(NC(C)c2ccc(Cl)s2)n1. The van der Waals surface area contributed by atoms with Gasteiger partial charge in [0.05, 0.1) is 23.7 Å². The summed E-state index contributed by atoms with van der Waals surface area (Å²) in [5, 5.41) is 3.65. The Hall–Kier alpha value is -1.04. The number of nitrogens with zero attached hydrogens (tertiary/aromatic N) is 2. The van der Waals surface area contributed by atoms with E-state index in [2.05, 4.69) is 15.3 Å². The van der Waals surface area contributed by atoms with Crippen LogP contribution in [-0.2, 0) is 0 Å². The lowest BCUT2D eigenvalue weighted by Crippen LogP contribution is -2.08. The molecule has 2 aromatic heterocycles. The average Bonchev–Trinajstić information content (AvgIpc) is 2.79. The van der Waals surface area contributed by atoms with Crippen molar-refractivity contribution in [2.45, 2.75) is 13.0 Å². The number of nitrogens with one attached hydrogen (secondary N) is 1. The van der Waals surface area contributed by atoms with Crippen molar-refractivity contribution in [3.63, 3.8) is 0 Å². The number of hydrogen-bond acceptors (Lipinski definition) is 5. The molecular formula is C11H11Cl2N3OS. The summed E-state index contributed by atoms with van der Waals surface area (Å²) < 4.78 is 5.72. The van der Waals surface area contributed by atoms with Crippen molar-refractivity contribution < 1.29 is 4.74 Å². The summed E-state index contributed by atoms with van der Waals surface area (Å²) in [5.41, 5.74) is 0. The van der Waals surface area contributed by atoms with Gasteiger partial charge in [-0.25, -0.2) is 4.98 Å². The Balaban J connectivity index is 2.18. The maximum atomic E-state index is 6.02. The van der Waals surface area contributed by atoms with Gasteiger partial charge in [-0.1, -0.05) is 23.2 Å². The molecule has 0 radical (unpaired) electrons. The summed E-state index contributed by atoms with van der Waals surface area (Å²) in [6.45, 7) is 2.01. The lowest BCUT2D eigenvalue weighted by Gasteiger charge is -2.14. The van der Waals surface area contributed by atoms with Crippen molar-refractivity contribution in [1.82, 2.24) is 9.97 Å². The van der Waals surface area contributed by atoms with E-state index in [0.29, 0.717) is 10.8 Å². The van der Waals surface area contributed by atoms with Crippen molar-refractivity contribution in [2.24, 2.45) is 0 Å². The number of rotatable bonds is 4. The van der Waals surface area contributed by atoms with E-state index in [1.54, 1.807) is 0 Å². The Morgan fingerprint density at radius 2 is 2.17 bits per heavy atom. The van der Waals surface area contributed by atoms with Crippen molar-refractivity contribution in [1.29, 1.82) is 0 Å². The number of aromatic nitrogens is 2. The average molecular weight is 304 g/mol. The third-order valence-corrected chi connectivity index (χ3v) is 3.97. The van der Waals surface area contributed by atoms with Gasteiger partial charge in [-0.15, -0.1) is 11.3 Å². The molecule has 0 saturated carbocycles. The molecule has 2 rings (SSSR count). The Kier molecular flexibility index (Phi) is 4.27. The zero-order valence-electron chi connectivity index (χ0n) is 9.78. The second-order valence-electron chi connectivity index (χ2n) is 3.56. The van der Waals surface area contributed by atoms with Gasteiger partial charge in [0.1, 0.15) is 5.02 Å². The summed E-state index contributed by atoms with van der Waals surface area (Å²) in [6.07, 6.45) is 1.50. The highest BCUT2D eigenvalue weighted by Gasteiger charge is 2.12. The molecule has 1 N–H and O–H groups in total. The molecule has 4 nitrogen and oxygen atoms in total. The molecule has 0 saturated heterocycles. The molecule has 7 heteroatoms. The van der Waals surface area contributed by atoms with Gasteiger partial charge in [-0.3, -0.25) is 0 Å². The highest BCUT2D eigenvalue weighted by Crippen LogP contribution is 2.30. The van der Waals surface area contributed by atoms with Crippen LogP contribution in [-0.4, -0.2) is 17.1 Å². The van der Waals surface area contributed by atoms with Crippen LogP contribution in [0.1, 0.15) is 17.8 Å². The van der Waals surface area contributed by atoms with E-state index in [1.165, 1.54) is 24.6 Å². The van der Waals surface area contributed by atoms with Gasteiger partial charge in [0.2, 0.25) is 0 Å². The van der Waals surface area contributed by atoms with Crippen LogP contribution in [0.25, 0.3) is 0 Å². The number of thiophene rings is 1. The topological polar surface area (TPSA) is 47.0 Å². The van der Waals surface area contributed by atoms with Gasteiger partial charge >= 0.3 is 6.01 Å².